The van der Waals surface area contributed by atoms with Crippen LogP contribution in [0.1, 0.15) is 43.1 Å². The number of fused-ring (bicyclic) bond motifs is 1. The number of anilines is 1. The predicted octanol–water partition coefficient (Wildman–Crippen LogP) is 3.40. The van der Waals surface area contributed by atoms with Gasteiger partial charge in [-0.2, -0.15) is 5.10 Å². The van der Waals surface area contributed by atoms with Crippen LogP contribution in [-0.4, -0.2) is 25.8 Å². The highest BCUT2D eigenvalue weighted by atomic mass is 16.1. The van der Waals surface area contributed by atoms with Gasteiger partial charge in [-0.3, -0.25) is 4.79 Å². The monoisotopic (exact) mass is 349 g/mol. The van der Waals surface area contributed by atoms with E-state index in [2.05, 4.69) is 15.4 Å². The highest BCUT2D eigenvalue weighted by Gasteiger charge is 2.24. The molecule has 1 fully saturated rings. The summed E-state index contributed by atoms with van der Waals surface area (Å²) in [5, 5.41) is 7.97. The molecule has 6 nitrogen and oxygen atoms in total. The molecule has 3 aromatic rings. The maximum atomic E-state index is 12.1. The molecular formula is C20H23N5O. The van der Waals surface area contributed by atoms with Crippen molar-refractivity contribution in [1.82, 2.24) is 19.7 Å². The van der Waals surface area contributed by atoms with Crippen LogP contribution < -0.4 is 10.9 Å². The van der Waals surface area contributed by atoms with Gasteiger partial charge in [-0.1, -0.05) is 12.1 Å². The molecule has 134 valence electrons. The fourth-order valence-corrected chi connectivity index (χ4v) is 3.67. The Labute approximate surface area is 152 Å². The molecule has 4 rings (SSSR count). The van der Waals surface area contributed by atoms with Gasteiger partial charge < -0.3 is 5.32 Å². The Morgan fingerprint density at radius 3 is 2.38 bits per heavy atom. The topological polar surface area (TPSA) is 72.7 Å². The molecule has 0 amide bonds. The van der Waals surface area contributed by atoms with Crippen LogP contribution in [-0.2, 0) is 0 Å². The maximum absolute atomic E-state index is 12.1. The Balaban J connectivity index is 1.46. The van der Waals surface area contributed by atoms with Gasteiger partial charge in [-0.25, -0.2) is 14.6 Å². The molecule has 26 heavy (non-hydrogen) atoms. The minimum atomic E-state index is -0.0109. The van der Waals surface area contributed by atoms with E-state index in [1.54, 1.807) is 16.8 Å². The Morgan fingerprint density at radius 2 is 1.65 bits per heavy atom. The lowest BCUT2D eigenvalue weighted by atomic mass is 9.91. The van der Waals surface area contributed by atoms with E-state index >= 15 is 0 Å². The highest BCUT2D eigenvalue weighted by molar-refractivity contribution is 5.76. The van der Waals surface area contributed by atoms with Crippen molar-refractivity contribution >= 4 is 16.9 Å². The molecule has 2 heterocycles. The third-order valence-electron chi connectivity index (χ3n) is 5.09. The van der Waals surface area contributed by atoms with Crippen molar-refractivity contribution in [2.45, 2.75) is 51.6 Å². The van der Waals surface area contributed by atoms with E-state index in [0.717, 1.165) is 53.9 Å². The Hall–Kier alpha value is -2.76. The molecule has 0 atom stereocenters. The number of benzene rings is 1. The van der Waals surface area contributed by atoms with E-state index in [4.69, 9.17) is 4.98 Å². The first-order valence-electron chi connectivity index (χ1n) is 9.16. The van der Waals surface area contributed by atoms with Gasteiger partial charge in [0, 0.05) is 12.1 Å². The van der Waals surface area contributed by atoms with Gasteiger partial charge in [0.2, 0.25) is 0 Å². The largest absolute Gasteiger partial charge is 0.366 e. The number of para-hydroxylation sites is 2. The number of hydrogen-bond donors (Lipinski definition) is 1. The SMILES string of the molecule is Cc1ccc(=O)n(C2CCC(Nc3nc4ccccc4nc3C)CC2)n1. The second kappa shape index (κ2) is 6.86. The fourth-order valence-electron chi connectivity index (χ4n) is 3.67. The van der Waals surface area contributed by atoms with E-state index in [1.807, 2.05) is 38.1 Å². The molecule has 2 aromatic heterocycles. The van der Waals surface area contributed by atoms with Crippen LogP contribution in [0.4, 0.5) is 5.82 Å². The van der Waals surface area contributed by atoms with Crippen LogP contribution in [0, 0.1) is 13.8 Å². The number of hydrogen-bond acceptors (Lipinski definition) is 5. The molecule has 0 spiro atoms. The first-order chi connectivity index (χ1) is 12.6. The van der Waals surface area contributed by atoms with Crippen LogP contribution >= 0.6 is 0 Å². The van der Waals surface area contributed by atoms with Crippen molar-refractivity contribution in [3.8, 4) is 0 Å². The zero-order chi connectivity index (χ0) is 18.1. The molecule has 6 heteroatoms. The van der Waals surface area contributed by atoms with E-state index in [1.165, 1.54) is 0 Å². The summed E-state index contributed by atoms with van der Waals surface area (Å²) in [5.74, 6) is 0.859. The van der Waals surface area contributed by atoms with Crippen molar-refractivity contribution in [2.75, 3.05) is 5.32 Å². The first-order valence-corrected chi connectivity index (χ1v) is 9.16. The van der Waals surface area contributed by atoms with Crippen molar-refractivity contribution in [2.24, 2.45) is 0 Å². The average molecular weight is 349 g/mol. The van der Waals surface area contributed by atoms with Crippen LogP contribution in [0.5, 0.6) is 0 Å². The molecular weight excluding hydrogens is 326 g/mol. The van der Waals surface area contributed by atoms with E-state index in [0.29, 0.717) is 6.04 Å². The Morgan fingerprint density at radius 1 is 0.962 bits per heavy atom. The van der Waals surface area contributed by atoms with Gasteiger partial charge in [0.25, 0.3) is 5.56 Å². The first kappa shape index (κ1) is 16.7. The fraction of sp³-hybridized carbons (Fsp3) is 0.400. The second-order valence-corrected chi connectivity index (χ2v) is 7.05. The molecule has 0 unspecified atom stereocenters. The summed E-state index contributed by atoms with van der Waals surface area (Å²) >= 11 is 0. The van der Waals surface area contributed by atoms with Crippen LogP contribution in [0.15, 0.2) is 41.2 Å². The predicted molar refractivity (Wildman–Crippen MR) is 102 cm³/mol. The van der Waals surface area contributed by atoms with Crippen molar-refractivity contribution in [3.63, 3.8) is 0 Å². The summed E-state index contributed by atoms with van der Waals surface area (Å²) in [5.41, 5.74) is 3.62. The van der Waals surface area contributed by atoms with E-state index in [9.17, 15) is 4.79 Å². The van der Waals surface area contributed by atoms with Crippen molar-refractivity contribution in [3.05, 3.63) is 58.1 Å². The third-order valence-corrected chi connectivity index (χ3v) is 5.09. The number of aryl methyl sites for hydroxylation is 2. The normalized spacial score (nSPS) is 20.2. The van der Waals surface area contributed by atoms with E-state index in [-0.39, 0.29) is 11.6 Å². The van der Waals surface area contributed by atoms with Crippen LogP contribution in [0.25, 0.3) is 11.0 Å². The summed E-state index contributed by atoms with van der Waals surface area (Å²) in [6.07, 6.45) is 3.85. The van der Waals surface area contributed by atoms with Gasteiger partial charge in [0.05, 0.1) is 28.5 Å². The zero-order valence-electron chi connectivity index (χ0n) is 15.1. The maximum Gasteiger partial charge on any atom is 0.267 e. The van der Waals surface area contributed by atoms with Gasteiger partial charge in [-0.05, 0) is 57.7 Å². The summed E-state index contributed by atoms with van der Waals surface area (Å²) in [6, 6.07) is 11.8. The molecule has 0 saturated heterocycles. The van der Waals surface area contributed by atoms with Gasteiger partial charge in [0.1, 0.15) is 5.82 Å². The molecule has 1 aliphatic rings. The summed E-state index contributed by atoms with van der Waals surface area (Å²) in [4.78, 5) is 21.5. The smallest absolute Gasteiger partial charge is 0.267 e. The third kappa shape index (κ3) is 3.31. The summed E-state index contributed by atoms with van der Waals surface area (Å²) in [7, 11) is 0. The molecule has 0 radical (unpaired) electrons. The van der Waals surface area contributed by atoms with Gasteiger partial charge >= 0.3 is 0 Å². The molecule has 1 aliphatic carbocycles. The molecule has 1 N–H and O–H groups in total. The summed E-state index contributed by atoms with van der Waals surface area (Å²) < 4.78 is 1.66. The average Bonchev–Trinajstić information content (AvgIpc) is 2.65. The standard InChI is InChI=1S/C20H23N5O/c1-13-7-12-19(26)25(24-13)16-10-8-15(9-11-16)22-20-14(2)21-17-5-3-4-6-18(17)23-20/h3-7,12,15-16H,8-11H2,1-2H3,(H,22,23). The summed E-state index contributed by atoms with van der Waals surface area (Å²) in [6.45, 7) is 3.91. The molecule has 1 aromatic carbocycles. The number of nitrogens with one attached hydrogen (secondary N) is 1. The number of rotatable bonds is 3. The minimum Gasteiger partial charge on any atom is -0.366 e. The Kier molecular flexibility index (Phi) is 4.41. The quantitative estimate of drug-likeness (QED) is 0.784. The minimum absolute atomic E-state index is 0.0109. The Bertz CT molecular complexity index is 989. The lowest BCUT2D eigenvalue weighted by molar-refractivity contribution is 0.302. The lowest BCUT2D eigenvalue weighted by Gasteiger charge is -2.30. The van der Waals surface area contributed by atoms with Gasteiger partial charge in [-0.15, -0.1) is 0 Å². The van der Waals surface area contributed by atoms with Crippen LogP contribution in [0.3, 0.4) is 0 Å². The number of nitrogens with zero attached hydrogens (tertiary/aromatic N) is 4. The molecule has 0 aliphatic heterocycles. The molecule has 0 bridgehead atoms. The lowest BCUT2D eigenvalue weighted by Crippen LogP contribution is -2.33. The van der Waals surface area contributed by atoms with E-state index < -0.39 is 0 Å². The number of aromatic nitrogens is 4. The second-order valence-electron chi connectivity index (χ2n) is 7.05. The highest BCUT2D eigenvalue weighted by Crippen LogP contribution is 2.29. The zero-order valence-corrected chi connectivity index (χ0v) is 15.1. The van der Waals surface area contributed by atoms with Crippen LogP contribution in [0.2, 0.25) is 0 Å². The van der Waals surface area contributed by atoms with Crippen molar-refractivity contribution in [1.29, 1.82) is 0 Å². The molecule has 1 saturated carbocycles. The van der Waals surface area contributed by atoms with Crippen molar-refractivity contribution < 1.29 is 0 Å². The van der Waals surface area contributed by atoms with Gasteiger partial charge in [0.15, 0.2) is 0 Å².